The number of nitrogens with two attached hydrogens (primary N) is 1. The number of anilines is 1. The van der Waals surface area contributed by atoms with E-state index in [1.165, 1.54) is 18.4 Å². The van der Waals surface area contributed by atoms with E-state index in [0.29, 0.717) is 6.04 Å². The van der Waals surface area contributed by atoms with Crippen molar-refractivity contribution in [3.63, 3.8) is 0 Å². The van der Waals surface area contributed by atoms with Crippen LogP contribution in [0.1, 0.15) is 18.4 Å². The van der Waals surface area contributed by atoms with Gasteiger partial charge in [-0.1, -0.05) is 12.1 Å². The quantitative estimate of drug-likeness (QED) is 0.462. The van der Waals surface area contributed by atoms with E-state index in [9.17, 15) is 4.79 Å². The second-order valence-corrected chi connectivity index (χ2v) is 8.19. The molecule has 30 heavy (non-hydrogen) atoms. The molecule has 7 nitrogen and oxygen atoms in total. The van der Waals surface area contributed by atoms with Crippen molar-refractivity contribution in [3.8, 4) is 0 Å². The molecule has 7 heteroatoms. The van der Waals surface area contributed by atoms with Crippen LogP contribution in [0.5, 0.6) is 0 Å². The molecule has 0 unspecified atom stereocenters. The minimum absolute atomic E-state index is 0.212. The topological polar surface area (TPSA) is 92.0 Å². The van der Waals surface area contributed by atoms with E-state index in [1.807, 2.05) is 23.0 Å². The number of hydrogen-bond acceptors (Lipinski definition) is 4. The number of fused-ring (bicyclic) bond motifs is 2. The number of likely N-dealkylation sites (tertiary alicyclic amines) is 1. The zero-order valence-electron chi connectivity index (χ0n) is 16.8. The van der Waals surface area contributed by atoms with Crippen LogP contribution in [0.25, 0.3) is 21.8 Å². The Morgan fingerprint density at radius 1 is 1.20 bits per heavy atom. The summed E-state index contributed by atoms with van der Waals surface area (Å²) in [5, 5.41) is 13.0. The number of hydrogen-bond donors (Lipinski definition) is 3. The maximum atomic E-state index is 11.3. The van der Waals surface area contributed by atoms with Crippen LogP contribution < -0.4 is 11.1 Å². The molecule has 4 aromatic rings. The molecular formula is C23H26N6O. The Labute approximate surface area is 174 Å². The van der Waals surface area contributed by atoms with Crippen molar-refractivity contribution in [2.24, 2.45) is 5.73 Å². The number of carbonyl (C=O) groups is 1. The lowest BCUT2D eigenvalue weighted by molar-refractivity contribution is -0.118. The first-order valence-electron chi connectivity index (χ1n) is 10.4. The molecule has 5 rings (SSSR count). The molecule has 3 heterocycles. The summed E-state index contributed by atoms with van der Waals surface area (Å²) >= 11 is 0. The van der Waals surface area contributed by atoms with Gasteiger partial charge in [0, 0.05) is 41.9 Å². The summed E-state index contributed by atoms with van der Waals surface area (Å²) in [7, 11) is 0. The van der Waals surface area contributed by atoms with Gasteiger partial charge in [0.1, 0.15) is 6.54 Å². The van der Waals surface area contributed by atoms with E-state index in [-0.39, 0.29) is 12.5 Å². The van der Waals surface area contributed by atoms with Crippen molar-refractivity contribution in [1.29, 1.82) is 0 Å². The Morgan fingerprint density at radius 3 is 3.03 bits per heavy atom. The van der Waals surface area contributed by atoms with Gasteiger partial charge in [0.25, 0.3) is 0 Å². The maximum absolute atomic E-state index is 11.3. The first-order valence-corrected chi connectivity index (χ1v) is 10.4. The van der Waals surface area contributed by atoms with Gasteiger partial charge in [0.05, 0.1) is 11.7 Å². The molecule has 2 aromatic heterocycles. The molecule has 1 amide bonds. The smallest absolute Gasteiger partial charge is 0.237 e. The van der Waals surface area contributed by atoms with Crippen molar-refractivity contribution >= 4 is 33.4 Å². The third kappa shape index (κ3) is 3.89. The molecule has 1 atom stereocenters. The van der Waals surface area contributed by atoms with Crippen molar-refractivity contribution in [3.05, 3.63) is 60.4 Å². The van der Waals surface area contributed by atoms with Crippen molar-refractivity contribution in [2.75, 3.05) is 18.4 Å². The van der Waals surface area contributed by atoms with Gasteiger partial charge in [-0.05, 0) is 60.7 Å². The molecule has 154 valence electrons. The average molecular weight is 403 g/mol. The van der Waals surface area contributed by atoms with Gasteiger partial charge in [-0.2, -0.15) is 5.10 Å². The Hall–Kier alpha value is -3.32. The normalized spacial score (nSPS) is 17.5. The first-order chi connectivity index (χ1) is 14.6. The second-order valence-electron chi connectivity index (χ2n) is 8.19. The molecule has 4 N–H and O–H groups in total. The molecule has 0 aliphatic carbocycles. The molecule has 1 aliphatic heterocycles. The van der Waals surface area contributed by atoms with Crippen molar-refractivity contribution in [1.82, 2.24) is 19.7 Å². The number of H-pyrrole nitrogens is 1. The van der Waals surface area contributed by atoms with E-state index in [0.717, 1.165) is 47.1 Å². The number of amides is 1. The summed E-state index contributed by atoms with van der Waals surface area (Å²) in [5.41, 5.74) is 9.90. The van der Waals surface area contributed by atoms with Crippen LogP contribution in [-0.2, 0) is 17.9 Å². The van der Waals surface area contributed by atoms with Crippen LogP contribution in [0, 0.1) is 0 Å². The zero-order valence-corrected chi connectivity index (χ0v) is 16.8. The van der Waals surface area contributed by atoms with Crippen LogP contribution in [0.4, 0.5) is 5.69 Å². The van der Waals surface area contributed by atoms with Gasteiger partial charge in [-0.15, -0.1) is 0 Å². The minimum Gasteiger partial charge on any atom is -0.381 e. The van der Waals surface area contributed by atoms with Crippen LogP contribution in [0.15, 0.2) is 54.9 Å². The summed E-state index contributed by atoms with van der Waals surface area (Å²) in [6, 6.07) is 15.3. The molecule has 0 bridgehead atoms. The monoisotopic (exact) mass is 402 g/mol. The predicted octanol–water partition coefficient (Wildman–Crippen LogP) is 3.08. The fourth-order valence-electron chi connectivity index (χ4n) is 4.48. The van der Waals surface area contributed by atoms with E-state index >= 15 is 0 Å². The molecule has 1 aliphatic rings. The number of rotatable bonds is 6. The van der Waals surface area contributed by atoms with Crippen molar-refractivity contribution < 1.29 is 4.79 Å². The average Bonchev–Trinajstić information content (AvgIpc) is 3.34. The van der Waals surface area contributed by atoms with Gasteiger partial charge in [-0.3, -0.25) is 14.8 Å². The number of benzene rings is 2. The zero-order chi connectivity index (χ0) is 20.5. The van der Waals surface area contributed by atoms with Crippen LogP contribution in [0.3, 0.4) is 0 Å². The fourth-order valence-corrected chi connectivity index (χ4v) is 4.48. The van der Waals surface area contributed by atoms with Gasteiger partial charge >= 0.3 is 0 Å². The molecular weight excluding hydrogens is 376 g/mol. The van der Waals surface area contributed by atoms with E-state index < -0.39 is 0 Å². The van der Waals surface area contributed by atoms with Crippen LogP contribution >= 0.6 is 0 Å². The largest absolute Gasteiger partial charge is 0.381 e. The highest BCUT2D eigenvalue weighted by Crippen LogP contribution is 2.23. The minimum atomic E-state index is -0.323. The summed E-state index contributed by atoms with van der Waals surface area (Å²) < 4.78 is 1.92. The number of piperidine rings is 1. The summed E-state index contributed by atoms with van der Waals surface area (Å²) in [5.74, 6) is -0.323. The highest BCUT2D eigenvalue weighted by atomic mass is 16.1. The molecule has 1 fully saturated rings. The van der Waals surface area contributed by atoms with Gasteiger partial charge < -0.3 is 15.6 Å². The molecule has 1 saturated heterocycles. The maximum Gasteiger partial charge on any atom is 0.237 e. The standard InChI is InChI=1S/C23H26N6O/c24-23(30)15-29-9-7-17-4-3-16(10-22(17)29)13-28-8-1-2-20(14-28)26-19-5-6-21-18(11-19)12-25-27-21/h3-7,9-12,20,26H,1-2,8,13-15H2,(H2,24,30)(H,25,27)/t20-/m0/s1. The third-order valence-electron chi connectivity index (χ3n) is 5.89. The van der Waals surface area contributed by atoms with E-state index in [2.05, 4.69) is 56.8 Å². The Morgan fingerprint density at radius 2 is 2.13 bits per heavy atom. The molecule has 0 spiro atoms. The lowest BCUT2D eigenvalue weighted by Crippen LogP contribution is -2.41. The Balaban J connectivity index is 1.27. The summed E-state index contributed by atoms with van der Waals surface area (Å²) in [4.78, 5) is 13.8. The van der Waals surface area contributed by atoms with E-state index in [4.69, 9.17) is 5.73 Å². The number of carbonyl (C=O) groups excluding carboxylic acids is 1. The second kappa shape index (κ2) is 7.84. The number of aromatic nitrogens is 3. The molecule has 0 saturated carbocycles. The molecule has 2 aromatic carbocycles. The highest BCUT2D eigenvalue weighted by molar-refractivity contribution is 5.83. The van der Waals surface area contributed by atoms with Gasteiger partial charge in [0.2, 0.25) is 5.91 Å². The summed E-state index contributed by atoms with van der Waals surface area (Å²) in [6.07, 6.45) is 6.13. The number of aromatic amines is 1. The Kier molecular flexibility index (Phi) is 4.88. The van der Waals surface area contributed by atoms with Crippen LogP contribution in [-0.4, -0.2) is 44.7 Å². The van der Waals surface area contributed by atoms with Crippen LogP contribution in [0.2, 0.25) is 0 Å². The highest BCUT2D eigenvalue weighted by Gasteiger charge is 2.20. The lowest BCUT2D eigenvalue weighted by Gasteiger charge is -2.33. The molecule has 0 radical (unpaired) electrons. The third-order valence-corrected chi connectivity index (χ3v) is 5.89. The van der Waals surface area contributed by atoms with Crippen molar-refractivity contribution in [2.45, 2.75) is 32.0 Å². The predicted molar refractivity (Wildman–Crippen MR) is 119 cm³/mol. The summed E-state index contributed by atoms with van der Waals surface area (Å²) in [6.45, 7) is 3.21. The number of nitrogens with one attached hydrogen (secondary N) is 2. The van der Waals surface area contributed by atoms with Gasteiger partial charge in [-0.25, -0.2) is 0 Å². The Bertz CT molecular complexity index is 1190. The van der Waals surface area contributed by atoms with E-state index in [1.54, 1.807) is 0 Å². The number of nitrogens with zero attached hydrogens (tertiary/aromatic N) is 3. The fraction of sp³-hybridized carbons (Fsp3) is 0.304. The number of primary amides is 1. The SMILES string of the molecule is NC(=O)Cn1ccc2ccc(CN3CCC[C@H](Nc4ccc5[nH]ncc5c4)C3)cc21. The first kappa shape index (κ1) is 18.7. The lowest BCUT2D eigenvalue weighted by atomic mass is 10.0. The van der Waals surface area contributed by atoms with Gasteiger partial charge in [0.15, 0.2) is 0 Å².